The maximum Gasteiger partial charge on any atom is 0.406 e. The molecule has 0 atom stereocenters. The highest BCUT2D eigenvalue weighted by Crippen LogP contribution is 2.19. The average molecular weight is 274 g/mol. The van der Waals surface area contributed by atoms with Crippen LogP contribution in [0.1, 0.15) is 18.4 Å². The molecule has 1 aromatic rings. The Morgan fingerprint density at radius 2 is 1.84 bits per heavy atom. The van der Waals surface area contributed by atoms with Crippen LogP contribution in [-0.4, -0.2) is 30.1 Å². The van der Waals surface area contributed by atoms with Crippen molar-refractivity contribution in [2.45, 2.75) is 25.6 Å². The lowest BCUT2D eigenvalue weighted by Crippen LogP contribution is -2.38. The highest BCUT2D eigenvalue weighted by molar-refractivity contribution is 5.76. The second-order valence-corrected chi connectivity index (χ2v) is 4.24. The van der Waals surface area contributed by atoms with E-state index in [0.29, 0.717) is 12.0 Å². The Bertz CT molecular complexity index is 393. The van der Waals surface area contributed by atoms with E-state index in [4.69, 9.17) is 5.73 Å². The quantitative estimate of drug-likeness (QED) is 0.865. The van der Waals surface area contributed by atoms with Gasteiger partial charge in [0.1, 0.15) is 6.54 Å². The van der Waals surface area contributed by atoms with Crippen LogP contribution in [0.15, 0.2) is 30.3 Å². The molecule has 0 aliphatic rings. The first-order chi connectivity index (χ1) is 8.92. The van der Waals surface area contributed by atoms with Crippen molar-refractivity contribution in [3.63, 3.8) is 0 Å². The van der Waals surface area contributed by atoms with Crippen LogP contribution in [0.5, 0.6) is 0 Å². The van der Waals surface area contributed by atoms with Crippen LogP contribution in [-0.2, 0) is 11.3 Å². The van der Waals surface area contributed by atoms with Gasteiger partial charge >= 0.3 is 6.18 Å². The summed E-state index contributed by atoms with van der Waals surface area (Å²) in [6, 6.07) is 8.62. The fourth-order valence-corrected chi connectivity index (χ4v) is 1.66. The third kappa shape index (κ3) is 6.24. The third-order valence-electron chi connectivity index (χ3n) is 2.53. The van der Waals surface area contributed by atoms with Gasteiger partial charge in [0.2, 0.25) is 5.91 Å². The van der Waals surface area contributed by atoms with Crippen molar-refractivity contribution in [1.29, 1.82) is 0 Å². The van der Waals surface area contributed by atoms with Crippen LogP contribution in [0.25, 0.3) is 0 Å². The summed E-state index contributed by atoms with van der Waals surface area (Å²) < 4.78 is 37.4. The predicted molar refractivity (Wildman–Crippen MR) is 66.2 cm³/mol. The molecule has 19 heavy (non-hydrogen) atoms. The van der Waals surface area contributed by atoms with Crippen LogP contribution in [0, 0.1) is 0 Å². The van der Waals surface area contributed by atoms with Crippen LogP contribution < -0.4 is 5.73 Å². The van der Waals surface area contributed by atoms with Crippen molar-refractivity contribution in [3.05, 3.63) is 35.9 Å². The number of nitrogens with two attached hydrogens (primary N) is 1. The maximum atomic E-state index is 12.5. The summed E-state index contributed by atoms with van der Waals surface area (Å²) in [6.45, 7) is -0.980. The normalized spacial score (nSPS) is 11.4. The number of hydrogen-bond donors (Lipinski definition) is 1. The standard InChI is InChI=1S/C13H17F3N2O/c14-13(15,16)10-18(12(19)7-4-8-17)9-11-5-2-1-3-6-11/h1-3,5-6H,4,7-10,17H2. The minimum Gasteiger partial charge on any atom is -0.330 e. The van der Waals surface area contributed by atoms with Gasteiger partial charge in [0.15, 0.2) is 0 Å². The average Bonchev–Trinajstić information content (AvgIpc) is 2.35. The Kier molecular flexibility index (Phi) is 5.82. The van der Waals surface area contributed by atoms with Gasteiger partial charge in [-0.05, 0) is 18.5 Å². The molecular formula is C13H17F3N2O. The lowest BCUT2D eigenvalue weighted by atomic mass is 10.2. The molecule has 0 unspecified atom stereocenters. The fraction of sp³-hybridized carbons (Fsp3) is 0.462. The summed E-state index contributed by atoms with van der Waals surface area (Å²) in [5, 5.41) is 0. The smallest absolute Gasteiger partial charge is 0.330 e. The Morgan fingerprint density at radius 1 is 1.21 bits per heavy atom. The molecule has 3 nitrogen and oxygen atoms in total. The summed E-state index contributed by atoms with van der Waals surface area (Å²) in [5.41, 5.74) is 5.94. The molecule has 1 rings (SSSR count). The predicted octanol–water partition coefficient (Wildman–Crippen LogP) is 2.32. The monoisotopic (exact) mass is 274 g/mol. The van der Waals surface area contributed by atoms with Crippen molar-refractivity contribution in [1.82, 2.24) is 4.90 Å². The largest absolute Gasteiger partial charge is 0.406 e. The van der Waals surface area contributed by atoms with E-state index in [-0.39, 0.29) is 19.5 Å². The van der Waals surface area contributed by atoms with Gasteiger partial charge in [0, 0.05) is 13.0 Å². The Morgan fingerprint density at radius 3 is 2.37 bits per heavy atom. The van der Waals surface area contributed by atoms with E-state index in [9.17, 15) is 18.0 Å². The molecule has 1 amide bonds. The second-order valence-electron chi connectivity index (χ2n) is 4.24. The zero-order chi connectivity index (χ0) is 14.3. The van der Waals surface area contributed by atoms with E-state index in [0.717, 1.165) is 4.90 Å². The van der Waals surface area contributed by atoms with Crippen LogP contribution in [0.2, 0.25) is 0 Å². The molecule has 1 aromatic carbocycles. The van der Waals surface area contributed by atoms with Gasteiger partial charge in [-0.15, -0.1) is 0 Å². The first kappa shape index (κ1) is 15.5. The Balaban J connectivity index is 2.71. The van der Waals surface area contributed by atoms with E-state index in [1.807, 2.05) is 0 Å². The first-order valence-electron chi connectivity index (χ1n) is 6.01. The molecule has 0 aliphatic heterocycles. The van der Waals surface area contributed by atoms with Gasteiger partial charge in [-0.25, -0.2) is 0 Å². The van der Waals surface area contributed by atoms with Gasteiger partial charge < -0.3 is 10.6 Å². The Labute approximate surface area is 110 Å². The van der Waals surface area contributed by atoms with Crippen molar-refractivity contribution in [2.75, 3.05) is 13.1 Å². The number of carbonyl (C=O) groups excluding carboxylic acids is 1. The van der Waals surface area contributed by atoms with Crippen molar-refractivity contribution in [2.24, 2.45) is 5.73 Å². The van der Waals surface area contributed by atoms with Crippen LogP contribution in [0.3, 0.4) is 0 Å². The van der Waals surface area contributed by atoms with E-state index < -0.39 is 18.6 Å². The van der Waals surface area contributed by atoms with Gasteiger partial charge in [-0.3, -0.25) is 4.79 Å². The minimum atomic E-state index is -4.40. The van der Waals surface area contributed by atoms with E-state index in [2.05, 4.69) is 0 Å². The summed E-state index contributed by atoms with van der Waals surface area (Å²) in [4.78, 5) is 12.6. The third-order valence-corrected chi connectivity index (χ3v) is 2.53. The zero-order valence-corrected chi connectivity index (χ0v) is 10.5. The Hall–Kier alpha value is -1.56. The first-order valence-corrected chi connectivity index (χ1v) is 6.01. The molecule has 0 heterocycles. The molecule has 6 heteroatoms. The number of benzene rings is 1. The lowest BCUT2D eigenvalue weighted by molar-refractivity contribution is -0.162. The van der Waals surface area contributed by atoms with Crippen LogP contribution in [0.4, 0.5) is 13.2 Å². The van der Waals surface area contributed by atoms with E-state index in [1.165, 1.54) is 0 Å². The summed E-state index contributed by atoms with van der Waals surface area (Å²) in [6.07, 6.45) is -3.96. The van der Waals surface area contributed by atoms with Gasteiger partial charge in [-0.1, -0.05) is 30.3 Å². The number of carbonyl (C=O) groups is 1. The molecule has 0 aromatic heterocycles. The lowest BCUT2D eigenvalue weighted by Gasteiger charge is -2.24. The van der Waals surface area contributed by atoms with Crippen molar-refractivity contribution in [3.8, 4) is 0 Å². The zero-order valence-electron chi connectivity index (χ0n) is 10.5. The van der Waals surface area contributed by atoms with Gasteiger partial charge in [0.25, 0.3) is 0 Å². The van der Waals surface area contributed by atoms with Gasteiger partial charge in [0.05, 0.1) is 0 Å². The minimum absolute atomic E-state index is 0.0379. The fourth-order valence-electron chi connectivity index (χ4n) is 1.66. The SMILES string of the molecule is NCCCC(=O)N(Cc1ccccc1)CC(F)(F)F. The molecule has 2 N–H and O–H groups in total. The number of halogens is 3. The van der Waals surface area contributed by atoms with Crippen molar-refractivity contribution >= 4 is 5.91 Å². The summed E-state index contributed by atoms with van der Waals surface area (Å²) in [7, 11) is 0. The second kappa shape index (κ2) is 7.13. The molecule has 0 aliphatic carbocycles. The van der Waals surface area contributed by atoms with E-state index >= 15 is 0 Å². The maximum absolute atomic E-state index is 12.5. The number of alkyl halides is 3. The topological polar surface area (TPSA) is 46.3 Å². The van der Waals surface area contributed by atoms with Crippen LogP contribution >= 0.6 is 0 Å². The molecule has 106 valence electrons. The summed E-state index contributed by atoms with van der Waals surface area (Å²) >= 11 is 0. The van der Waals surface area contributed by atoms with Crippen molar-refractivity contribution < 1.29 is 18.0 Å². The molecule has 0 spiro atoms. The number of amides is 1. The molecule has 0 fully saturated rings. The number of nitrogens with zero attached hydrogens (tertiary/aromatic N) is 1. The molecule has 0 radical (unpaired) electrons. The summed E-state index contributed by atoms with van der Waals surface area (Å²) in [5.74, 6) is -0.522. The molecule has 0 bridgehead atoms. The number of rotatable bonds is 6. The van der Waals surface area contributed by atoms with Gasteiger partial charge in [-0.2, -0.15) is 13.2 Å². The molecular weight excluding hydrogens is 257 g/mol. The highest BCUT2D eigenvalue weighted by Gasteiger charge is 2.32. The molecule has 0 saturated carbocycles. The van der Waals surface area contributed by atoms with E-state index in [1.54, 1.807) is 30.3 Å². The highest BCUT2D eigenvalue weighted by atomic mass is 19.4. The molecule has 0 saturated heterocycles. The number of hydrogen-bond acceptors (Lipinski definition) is 2.